The van der Waals surface area contributed by atoms with Crippen molar-refractivity contribution >= 4 is 37.7 Å². The molecule has 0 aliphatic carbocycles. The van der Waals surface area contributed by atoms with Crippen LogP contribution in [0.2, 0.25) is 0 Å². The van der Waals surface area contributed by atoms with Crippen LogP contribution in [0, 0.1) is 0 Å². The lowest BCUT2D eigenvalue weighted by molar-refractivity contribution is 1.33. The quantitative estimate of drug-likeness (QED) is 0.516. The standard InChI is InChI=1S/C17H11BrN2/c18-14-8-4-6-12-11-5-3-7-13(16(11)20-17(12)14)15-9-1-2-10-19-15/h1-10,20H. The number of hydrogen-bond donors (Lipinski definition) is 1. The lowest BCUT2D eigenvalue weighted by Gasteiger charge is -2.02. The zero-order valence-electron chi connectivity index (χ0n) is 10.6. The molecule has 1 N–H and O–H groups in total. The van der Waals surface area contributed by atoms with Gasteiger partial charge in [-0.3, -0.25) is 4.98 Å². The second-order valence-corrected chi connectivity index (χ2v) is 5.58. The highest BCUT2D eigenvalue weighted by molar-refractivity contribution is 9.10. The van der Waals surface area contributed by atoms with Crippen molar-refractivity contribution in [1.29, 1.82) is 0 Å². The van der Waals surface area contributed by atoms with Gasteiger partial charge in [0.25, 0.3) is 0 Å². The number of nitrogens with zero attached hydrogens (tertiary/aromatic N) is 1. The summed E-state index contributed by atoms with van der Waals surface area (Å²) in [4.78, 5) is 7.99. The van der Waals surface area contributed by atoms with Crippen molar-refractivity contribution in [3.63, 3.8) is 0 Å². The minimum atomic E-state index is 0.987. The second-order valence-electron chi connectivity index (χ2n) is 4.73. The number of para-hydroxylation sites is 2. The van der Waals surface area contributed by atoms with E-state index in [0.29, 0.717) is 0 Å². The minimum absolute atomic E-state index is 0.987. The summed E-state index contributed by atoms with van der Waals surface area (Å²) in [6, 6.07) is 18.6. The van der Waals surface area contributed by atoms with E-state index in [1.807, 2.05) is 24.4 Å². The Hall–Kier alpha value is -2.13. The fraction of sp³-hybridized carbons (Fsp3) is 0. The van der Waals surface area contributed by atoms with Gasteiger partial charge in [0, 0.05) is 27.0 Å². The van der Waals surface area contributed by atoms with Crippen LogP contribution in [0.4, 0.5) is 0 Å². The van der Waals surface area contributed by atoms with E-state index >= 15 is 0 Å². The summed E-state index contributed by atoms with van der Waals surface area (Å²) in [7, 11) is 0. The largest absolute Gasteiger partial charge is 0.353 e. The van der Waals surface area contributed by atoms with Crippen LogP contribution in [0.1, 0.15) is 0 Å². The highest BCUT2D eigenvalue weighted by Crippen LogP contribution is 2.34. The molecule has 3 heteroatoms. The summed E-state index contributed by atoms with van der Waals surface area (Å²) in [6.45, 7) is 0. The average Bonchev–Trinajstić information content (AvgIpc) is 2.88. The number of pyridine rings is 1. The molecule has 96 valence electrons. The maximum Gasteiger partial charge on any atom is 0.0723 e. The van der Waals surface area contributed by atoms with Crippen LogP contribution in [0.3, 0.4) is 0 Å². The first-order valence-electron chi connectivity index (χ1n) is 6.45. The number of benzene rings is 2. The Balaban J connectivity index is 2.14. The van der Waals surface area contributed by atoms with Crippen LogP contribution < -0.4 is 0 Å². The van der Waals surface area contributed by atoms with Gasteiger partial charge in [-0.1, -0.05) is 36.4 Å². The van der Waals surface area contributed by atoms with Crippen molar-refractivity contribution in [2.75, 3.05) is 0 Å². The summed E-state index contributed by atoms with van der Waals surface area (Å²) < 4.78 is 1.08. The Morgan fingerprint density at radius 1 is 0.800 bits per heavy atom. The molecule has 0 bridgehead atoms. The summed E-state index contributed by atoms with van der Waals surface area (Å²) in [5, 5.41) is 2.46. The molecule has 0 amide bonds. The molecule has 0 radical (unpaired) electrons. The molecule has 2 aromatic carbocycles. The molecule has 20 heavy (non-hydrogen) atoms. The maximum absolute atomic E-state index is 4.46. The summed E-state index contributed by atoms with van der Waals surface area (Å²) >= 11 is 3.61. The first kappa shape index (κ1) is 11.7. The number of hydrogen-bond acceptors (Lipinski definition) is 1. The number of aromatic amines is 1. The lowest BCUT2D eigenvalue weighted by Crippen LogP contribution is -1.83. The SMILES string of the molecule is Brc1cccc2c1[nH]c1c(-c3ccccn3)cccc12. The van der Waals surface area contributed by atoms with Gasteiger partial charge in [-0.05, 0) is 34.1 Å². The van der Waals surface area contributed by atoms with Gasteiger partial charge < -0.3 is 4.98 Å². The van der Waals surface area contributed by atoms with Gasteiger partial charge in [0.05, 0.1) is 16.7 Å². The number of aromatic nitrogens is 2. The van der Waals surface area contributed by atoms with Gasteiger partial charge in [-0.15, -0.1) is 0 Å². The molecule has 0 saturated carbocycles. The van der Waals surface area contributed by atoms with Crippen LogP contribution in [-0.2, 0) is 0 Å². The molecular formula is C17H11BrN2. The Morgan fingerprint density at radius 3 is 2.40 bits per heavy atom. The van der Waals surface area contributed by atoms with Crippen LogP contribution in [0.15, 0.2) is 65.3 Å². The smallest absolute Gasteiger partial charge is 0.0723 e. The van der Waals surface area contributed by atoms with Crippen molar-refractivity contribution in [3.8, 4) is 11.3 Å². The monoisotopic (exact) mass is 322 g/mol. The van der Waals surface area contributed by atoms with Crippen molar-refractivity contribution in [2.45, 2.75) is 0 Å². The maximum atomic E-state index is 4.46. The Morgan fingerprint density at radius 2 is 1.60 bits per heavy atom. The van der Waals surface area contributed by atoms with Crippen molar-refractivity contribution < 1.29 is 0 Å². The average molecular weight is 323 g/mol. The zero-order valence-corrected chi connectivity index (χ0v) is 12.2. The minimum Gasteiger partial charge on any atom is -0.353 e. The van der Waals surface area contributed by atoms with Gasteiger partial charge >= 0.3 is 0 Å². The number of H-pyrrole nitrogens is 1. The molecule has 4 rings (SSSR count). The molecule has 0 fully saturated rings. The Bertz CT molecular complexity index is 910. The second kappa shape index (κ2) is 4.46. The molecule has 0 unspecified atom stereocenters. The highest BCUT2D eigenvalue weighted by Gasteiger charge is 2.11. The predicted molar refractivity (Wildman–Crippen MR) is 86.7 cm³/mol. The number of halogens is 1. The molecule has 4 aromatic rings. The van der Waals surface area contributed by atoms with Gasteiger partial charge in [-0.25, -0.2) is 0 Å². The number of rotatable bonds is 1. The molecule has 0 saturated heterocycles. The zero-order chi connectivity index (χ0) is 13.5. The highest BCUT2D eigenvalue weighted by atomic mass is 79.9. The van der Waals surface area contributed by atoms with Gasteiger partial charge in [-0.2, -0.15) is 0 Å². The molecule has 2 aromatic heterocycles. The number of fused-ring (bicyclic) bond motifs is 3. The van der Waals surface area contributed by atoms with Crippen LogP contribution in [-0.4, -0.2) is 9.97 Å². The summed E-state index contributed by atoms with van der Waals surface area (Å²) in [5.41, 5.74) is 4.38. The first-order chi connectivity index (χ1) is 9.84. The van der Waals surface area contributed by atoms with Gasteiger partial charge in [0.15, 0.2) is 0 Å². The Labute approximate surface area is 124 Å². The third-order valence-corrected chi connectivity index (χ3v) is 4.22. The number of nitrogens with one attached hydrogen (secondary N) is 1. The molecule has 0 atom stereocenters. The molecule has 0 aliphatic rings. The van der Waals surface area contributed by atoms with Crippen molar-refractivity contribution in [2.24, 2.45) is 0 Å². The summed E-state index contributed by atoms with van der Waals surface area (Å²) in [5.74, 6) is 0. The third kappa shape index (κ3) is 1.67. The van der Waals surface area contributed by atoms with E-state index in [0.717, 1.165) is 26.8 Å². The lowest BCUT2D eigenvalue weighted by atomic mass is 10.1. The fourth-order valence-electron chi connectivity index (χ4n) is 2.65. The van der Waals surface area contributed by atoms with Gasteiger partial charge in [0.2, 0.25) is 0 Å². The predicted octanol–water partition coefficient (Wildman–Crippen LogP) is 5.15. The van der Waals surface area contributed by atoms with Gasteiger partial charge in [0.1, 0.15) is 0 Å². The van der Waals surface area contributed by atoms with Crippen molar-refractivity contribution in [1.82, 2.24) is 9.97 Å². The van der Waals surface area contributed by atoms with E-state index in [1.54, 1.807) is 0 Å². The third-order valence-electron chi connectivity index (χ3n) is 3.56. The molecule has 0 aliphatic heterocycles. The van der Waals surface area contributed by atoms with E-state index in [1.165, 1.54) is 10.8 Å². The molecule has 2 heterocycles. The van der Waals surface area contributed by atoms with E-state index in [4.69, 9.17) is 0 Å². The normalized spacial score (nSPS) is 11.2. The van der Waals surface area contributed by atoms with E-state index in [2.05, 4.69) is 62.3 Å². The van der Waals surface area contributed by atoms with Crippen LogP contribution >= 0.6 is 15.9 Å². The van der Waals surface area contributed by atoms with Crippen LogP contribution in [0.25, 0.3) is 33.1 Å². The van der Waals surface area contributed by atoms with E-state index in [9.17, 15) is 0 Å². The van der Waals surface area contributed by atoms with Crippen molar-refractivity contribution in [3.05, 3.63) is 65.3 Å². The fourth-order valence-corrected chi connectivity index (χ4v) is 3.11. The van der Waals surface area contributed by atoms with Crippen LogP contribution in [0.5, 0.6) is 0 Å². The topological polar surface area (TPSA) is 28.7 Å². The Kier molecular flexibility index (Phi) is 2.60. The first-order valence-corrected chi connectivity index (χ1v) is 7.24. The molecule has 0 spiro atoms. The molecular weight excluding hydrogens is 312 g/mol. The summed E-state index contributed by atoms with van der Waals surface area (Å²) in [6.07, 6.45) is 1.83. The van der Waals surface area contributed by atoms with E-state index < -0.39 is 0 Å². The molecule has 2 nitrogen and oxygen atoms in total. The van der Waals surface area contributed by atoms with E-state index in [-0.39, 0.29) is 0 Å².